The molecule has 1 nitrogen and oxygen atoms in total. The molecule has 1 heteroatoms. The molecule has 0 spiro atoms. The number of hydrogen-bond donors (Lipinski definition) is 1. The molecule has 1 N–H and O–H groups in total. The fourth-order valence-electron chi connectivity index (χ4n) is 2.40. The molecule has 2 heterocycles. The minimum atomic E-state index is 0.468. The smallest absolute Gasteiger partial charge is 0.0279 e. The topological polar surface area (TPSA) is 12.0 Å². The lowest BCUT2D eigenvalue weighted by molar-refractivity contribution is 0.173. The highest BCUT2D eigenvalue weighted by Crippen LogP contribution is 2.39. The number of nitrogens with one attached hydrogen (secondary N) is 1. The molecule has 1 fully saturated rings. The van der Waals surface area contributed by atoms with Crippen molar-refractivity contribution in [2.45, 2.75) is 32.7 Å². The number of hydrogen-bond acceptors (Lipinski definition) is 1. The molecule has 1 aliphatic carbocycles. The molecule has 0 amide bonds. The van der Waals surface area contributed by atoms with E-state index in [-0.39, 0.29) is 0 Å². The van der Waals surface area contributed by atoms with Crippen LogP contribution in [0.25, 0.3) is 0 Å². The van der Waals surface area contributed by atoms with Crippen molar-refractivity contribution < 1.29 is 0 Å². The highest BCUT2D eigenvalue weighted by atomic mass is 15.0. The van der Waals surface area contributed by atoms with Gasteiger partial charge in [-0.3, -0.25) is 0 Å². The first-order valence-electron chi connectivity index (χ1n) is 4.66. The average molecular weight is 151 g/mol. The predicted molar refractivity (Wildman–Crippen MR) is 47.4 cm³/mol. The van der Waals surface area contributed by atoms with Crippen molar-refractivity contribution in [3.05, 3.63) is 12.2 Å². The zero-order valence-corrected chi connectivity index (χ0v) is 7.43. The molecule has 2 aliphatic heterocycles. The Morgan fingerprint density at radius 1 is 1.64 bits per heavy atom. The van der Waals surface area contributed by atoms with Gasteiger partial charge in [-0.1, -0.05) is 32.4 Å². The van der Waals surface area contributed by atoms with Gasteiger partial charge < -0.3 is 5.32 Å². The summed E-state index contributed by atoms with van der Waals surface area (Å²) in [6.07, 6.45) is 7.47. The Morgan fingerprint density at radius 2 is 2.45 bits per heavy atom. The highest BCUT2D eigenvalue weighted by Gasteiger charge is 2.37. The molecule has 62 valence electrons. The van der Waals surface area contributed by atoms with E-state index in [0.717, 1.165) is 5.92 Å². The Labute approximate surface area is 68.9 Å². The molecule has 3 unspecified atom stereocenters. The maximum atomic E-state index is 3.57. The second-order valence-corrected chi connectivity index (χ2v) is 4.29. The van der Waals surface area contributed by atoms with Gasteiger partial charge >= 0.3 is 0 Å². The third-order valence-corrected chi connectivity index (χ3v) is 3.21. The van der Waals surface area contributed by atoms with Crippen LogP contribution in [0.15, 0.2) is 12.2 Å². The van der Waals surface area contributed by atoms with Gasteiger partial charge in [0.2, 0.25) is 0 Å². The molecule has 2 bridgehead atoms. The highest BCUT2D eigenvalue weighted by molar-refractivity contribution is 5.15. The van der Waals surface area contributed by atoms with E-state index in [9.17, 15) is 0 Å². The van der Waals surface area contributed by atoms with Gasteiger partial charge in [-0.05, 0) is 17.8 Å². The summed E-state index contributed by atoms with van der Waals surface area (Å²) in [4.78, 5) is 0. The number of rotatable bonds is 1. The first kappa shape index (κ1) is 7.35. The van der Waals surface area contributed by atoms with E-state index >= 15 is 0 Å². The van der Waals surface area contributed by atoms with Crippen molar-refractivity contribution >= 4 is 0 Å². The van der Waals surface area contributed by atoms with Crippen LogP contribution in [0.4, 0.5) is 0 Å². The largest absolute Gasteiger partial charge is 0.309 e. The minimum Gasteiger partial charge on any atom is -0.309 e. The van der Waals surface area contributed by atoms with Crippen molar-refractivity contribution in [2.24, 2.45) is 11.3 Å². The quantitative estimate of drug-likeness (QED) is 0.565. The fraction of sp³-hybridized carbons (Fsp3) is 0.800. The third kappa shape index (κ3) is 1.12. The molecule has 1 saturated heterocycles. The van der Waals surface area contributed by atoms with Crippen molar-refractivity contribution in [3.8, 4) is 0 Å². The lowest BCUT2D eigenvalue weighted by atomic mass is 9.69. The Balaban J connectivity index is 2.20. The molecule has 11 heavy (non-hydrogen) atoms. The Kier molecular flexibility index (Phi) is 1.57. The van der Waals surface area contributed by atoms with Crippen molar-refractivity contribution in [3.63, 3.8) is 0 Å². The van der Waals surface area contributed by atoms with Crippen LogP contribution in [0.1, 0.15) is 26.7 Å². The molecular formula is C10H17N. The molecular weight excluding hydrogens is 134 g/mol. The standard InChI is InChI=1S/C10H17N/c1-3-8-6-10(2)5-4-9(8)11-7-10/h4-5,8-9,11H,3,6-7H2,1-2H3. The number of fused-ring (bicyclic) bond motifs is 2. The third-order valence-electron chi connectivity index (χ3n) is 3.21. The van der Waals surface area contributed by atoms with Gasteiger partial charge in [-0.2, -0.15) is 0 Å². The van der Waals surface area contributed by atoms with Gasteiger partial charge in [0.25, 0.3) is 0 Å². The first-order valence-corrected chi connectivity index (χ1v) is 4.66. The summed E-state index contributed by atoms with van der Waals surface area (Å²) in [7, 11) is 0. The summed E-state index contributed by atoms with van der Waals surface area (Å²) in [6, 6.07) is 0.682. The zero-order valence-electron chi connectivity index (χ0n) is 7.43. The average Bonchev–Trinajstić information content (AvgIpc) is 2.04. The van der Waals surface area contributed by atoms with E-state index in [2.05, 4.69) is 31.3 Å². The Hall–Kier alpha value is -0.300. The summed E-state index contributed by atoms with van der Waals surface area (Å²) in [6.45, 7) is 5.84. The van der Waals surface area contributed by atoms with Crippen LogP contribution >= 0.6 is 0 Å². The van der Waals surface area contributed by atoms with Gasteiger partial charge in [0.15, 0.2) is 0 Å². The van der Waals surface area contributed by atoms with E-state index in [0.29, 0.717) is 11.5 Å². The summed E-state index contributed by atoms with van der Waals surface area (Å²) < 4.78 is 0. The van der Waals surface area contributed by atoms with E-state index in [4.69, 9.17) is 0 Å². The van der Waals surface area contributed by atoms with E-state index in [1.165, 1.54) is 19.4 Å². The van der Waals surface area contributed by atoms with Crippen LogP contribution in [0, 0.1) is 11.3 Å². The molecule has 0 radical (unpaired) electrons. The number of piperidine rings is 1. The van der Waals surface area contributed by atoms with Gasteiger partial charge in [0, 0.05) is 12.6 Å². The van der Waals surface area contributed by atoms with E-state index in [1.807, 2.05) is 0 Å². The molecule has 0 aromatic heterocycles. The molecule has 0 aromatic carbocycles. The van der Waals surface area contributed by atoms with Crippen molar-refractivity contribution in [1.29, 1.82) is 0 Å². The van der Waals surface area contributed by atoms with Crippen LogP contribution in [0.3, 0.4) is 0 Å². The lowest BCUT2D eigenvalue weighted by Gasteiger charge is -2.45. The maximum Gasteiger partial charge on any atom is 0.0279 e. The SMILES string of the molecule is CCC1CC2(C)C=CC1NC2. The van der Waals surface area contributed by atoms with Crippen LogP contribution in [0.5, 0.6) is 0 Å². The Bertz CT molecular complexity index is 185. The Morgan fingerprint density at radius 3 is 2.82 bits per heavy atom. The van der Waals surface area contributed by atoms with Crippen LogP contribution in [-0.2, 0) is 0 Å². The molecule has 3 aliphatic rings. The second kappa shape index (κ2) is 2.34. The zero-order chi connectivity index (χ0) is 7.90. The van der Waals surface area contributed by atoms with Gasteiger partial charge in [0.1, 0.15) is 0 Å². The minimum absolute atomic E-state index is 0.468. The second-order valence-electron chi connectivity index (χ2n) is 4.29. The van der Waals surface area contributed by atoms with Crippen molar-refractivity contribution in [1.82, 2.24) is 5.32 Å². The molecule has 3 rings (SSSR count). The summed E-state index contributed by atoms with van der Waals surface area (Å²) in [5, 5.41) is 3.57. The normalized spacial score (nSPS) is 48.2. The molecule has 0 aromatic rings. The van der Waals surface area contributed by atoms with Gasteiger partial charge in [-0.25, -0.2) is 0 Å². The monoisotopic (exact) mass is 151 g/mol. The van der Waals surface area contributed by atoms with E-state index in [1.54, 1.807) is 0 Å². The van der Waals surface area contributed by atoms with Crippen LogP contribution in [-0.4, -0.2) is 12.6 Å². The van der Waals surface area contributed by atoms with E-state index < -0.39 is 0 Å². The molecule has 3 atom stereocenters. The summed E-state index contributed by atoms with van der Waals surface area (Å²) in [5.41, 5.74) is 0.468. The maximum absolute atomic E-state index is 3.57. The van der Waals surface area contributed by atoms with Gasteiger partial charge in [0.05, 0.1) is 0 Å². The fourth-order valence-corrected chi connectivity index (χ4v) is 2.40. The van der Waals surface area contributed by atoms with Crippen LogP contribution < -0.4 is 5.32 Å². The van der Waals surface area contributed by atoms with Crippen molar-refractivity contribution in [2.75, 3.05) is 6.54 Å². The summed E-state index contributed by atoms with van der Waals surface area (Å²) >= 11 is 0. The predicted octanol–water partition coefficient (Wildman–Crippen LogP) is 1.95. The van der Waals surface area contributed by atoms with Gasteiger partial charge in [-0.15, -0.1) is 0 Å². The summed E-state index contributed by atoms with van der Waals surface area (Å²) in [5.74, 6) is 0.888. The van der Waals surface area contributed by atoms with Crippen LogP contribution in [0.2, 0.25) is 0 Å². The molecule has 0 saturated carbocycles. The first-order chi connectivity index (χ1) is 5.23. The lowest BCUT2D eigenvalue weighted by Crippen LogP contribution is -2.51.